The number of carbonyl (C=O) groups excluding carboxylic acids is 1. The maximum absolute atomic E-state index is 12.3. The molecule has 1 saturated heterocycles. The Balaban J connectivity index is 1.47. The Morgan fingerprint density at radius 1 is 1.00 bits per heavy atom. The van der Waals surface area contributed by atoms with E-state index in [1.807, 2.05) is 48.6 Å². The summed E-state index contributed by atoms with van der Waals surface area (Å²) < 4.78 is 9.36. The van der Waals surface area contributed by atoms with Crippen LogP contribution in [0.1, 0.15) is 40.7 Å². The van der Waals surface area contributed by atoms with E-state index in [2.05, 4.69) is 47.3 Å². The summed E-state index contributed by atoms with van der Waals surface area (Å²) in [7, 11) is 0. The molecular weight excluding hydrogens is 380 g/mol. The van der Waals surface area contributed by atoms with E-state index in [9.17, 15) is 4.79 Å². The maximum Gasteiger partial charge on any atom is 0.410 e. The van der Waals surface area contributed by atoms with E-state index in [0.717, 1.165) is 35.4 Å². The lowest BCUT2D eigenvalue weighted by Crippen LogP contribution is -2.50. The number of piperazine rings is 1. The fourth-order valence-electron chi connectivity index (χ4n) is 3.61. The average Bonchev–Trinajstić information content (AvgIpc) is 3.34. The minimum atomic E-state index is -0.472. The molecule has 8 nitrogen and oxygen atoms in total. The van der Waals surface area contributed by atoms with Gasteiger partial charge in [-0.05, 0) is 40.7 Å². The highest BCUT2D eigenvalue weighted by Gasteiger charge is 2.27. The number of nitrogens with zero attached hydrogens (tertiary/aromatic N) is 6. The minimum Gasteiger partial charge on any atom is -0.444 e. The molecule has 1 fully saturated rings. The zero-order valence-electron chi connectivity index (χ0n) is 18.4. The van der Waals surface area contributed by atoms with Gasteiger partial charge in [0, 0.05) is 55.7 Å². The van der Waals surface area contributed by atoms with Gasteiger partial charge in [0.1, 0.15) is 5.60 Å². The number of fused-ring (bicyclic) bond motifs is 1. The second-order valence-corrected chi connectivity index (χ2v) is 9.03. The number of anilines is 1. The van der Waals surface area contributed by atoms with Crippen LogP contribution < -0.4 is 4.90 Å². The summed E-state index contributed by atoms with van der Waals surface area (Å²) in [5.74, 6) is 0. The summed E-state index contributed by atoms with van der Waals surface area (Å²) >= 11 is 0. The Labute approximate surface area is 177 Å². The first-order chi connectivity index (χ1) is 14.2. The van der Waals surface area contributed by atoms with E-state index in [0.29, 0.717) is 19.1 Å². The number of carbonyl (C=O) groups is 1. The van der Waals surface area contributed by atoms with Crippen LogP contribution >= 0.6 is 0 Å². The zero-order valence-corrected chi connectivity index (χ0v) is 18.4. The van der Waals surface area contributed by atoms with Crippen LogP contribution in [0.3, 0.4) is 0 Å². The lowest BCUT2D eigenvalue weighted by molar-refractivity contribution is 0.0240. The van der Waals surface area contributed by atoms with E-state index >= 15 is 0 Å². The molecule has 0 saturated carbocycles. The molecule has 0 aromatic carbocycles. The zero-order chi connectivity index (χ0) is 21.5. The van der Waals surface area contributed by atoms with Crippen molar-refractivity contribution in [2.75, 3.05) is 31.1 Å². The molecule has 160 valence electrons. The molecule has 4 heterocycles. The van der Waals surface area contributed by atoms with E-state index in [-0.39, 0.29) is 6.09 Å². The monoisotopic (exact) mass is 410 g/mol. The number of aromatic nitrogens is 4. The molecule has 0 spiro atoms. The molecule has 0 N–H and O–H groups in total. The first-order valence-electron chi connectivity index (χ1n) is 10.5. The lowest BCUT2D eigenvalue weighted by atomic mass is 10.1. The lowest BCUT2D eigenvalue weighted by Gasteiger charge is -2.36. The molecule has 1 amide bonds. The van der Waals surface area contributed by atoms with Gasteiger partial charge >= 0.3 is 6.09 Å². The molecule has 3 aromatic heterocycles. The van der Waals surface area contributed by atoms with Crippen LogP contribution in [-0.4, -0.2) is 62.2 Å². The highest BCUT2D eigenvalue weighted by atomic mass is 16.6. The van der Waals surface area contributed by atoms with Gasteiger partial charge in [0.05, 0.1) is 23.6 Å². The molecule has 0 unspecified atom stereocenters. The molecule has 4 rings (SSSR count). The number of pyridine rings is 1. The average molecular weight is 411 g/mol. The Hall–Kier alpha value is -3.03. The number of hydrogen-bond donors (Lipinski definition) is 0. The number of hydrogen-bond acceptors (Lipinski definition) is 5. The number of rotatable bonds is 3. The van der Waals surface area contributed by atoms with Gasteiger partial charge < -0.3 is 14.5 Å². The quantitative estimate of drug-likeness (QED) is 0.656. The van der Waals surface area contributed by atoms with Gasteiger partial charge in [0.15, 0.2) is 0 Å². The van der Waals surface area contributed by atoms with Gasteiger partial charge in [-0.15, -0.1) is 0 Å². The second kappa shape index (κ2) is 7.66. The Morgan fingerprint density at radius 2 is 1.73 bits per heavy atom. The number of amides is 1. The maximum atomic E-state index is 12.3. The van der Waals surface area contributed by atoms with Crippen molar-refractivity contribution < 1.29 is 9.53 Å². The van der Waals surface area contributed by atoms with Crippen LogP contribution in [-0.2, 0) is 4.74 Å². The van der Waals surface area contributed by atoms with Gasteiger partial charge in [-0.3, -0.25) is 4.68 Å². The summed E-state index contributed by atoms with van der Waals surface area (Å²) in [6, 6.07) is 4.54. The van der Waals surface area contributed by atoms with Crippen molar-refractivity contribution in [3.63, 3.8) is 0 Å². The Morgan fingerprint density at radius 3 is 2.37 bits per heavy atom. The third-order valence-corrected chi connectivity index (χ3v) is 5.23. The molecular formula is C22H30N6O2. The smallest absolute Gasteiger partial charge is 0.410 e. The largest absolute Gasteiger partial charge is 0.444 e. The molecule has 1 aliphatic heterocycles. The number of ether oxygens (including phenoxy) is 1. The third kappa shape index (κ3) is 4.13. The van der Waals surface area contributed by atoms with Gasteiger partial charge in [-0.2, -0.15) is 10.2 Å². The minimum absolute atomic E-state index is 0.242. The van der Waals surface area contributed by atoms with Crippen LogP contribution in [0.5, 0.6) is 0 Å². The standard InChI is InChI=1S/C22H30N6O2/c1-16(2)27-15-18(12-23-27)17-6-7-19-20(13-24-28(19)14-17)25-8-10-26(11-9-25)21(29)30-22(3,4)5/h6-7,12-16H,8-11H2,1-5H3. The summed E-state index contributed by atoms with van der Waals surface area (Å²) in [4.78, 5) is 16.4. The van der Waals surface area contributed by atoms with E-state index < -0.39 is 5.60 Å². The first kappa shape index (κ1) is 20.3. The summed E-state index contributed by atoms with van der Waals surface area (Å²) in [6.07, 6.45) is 7.65. The Bertz CT molecular complexity index is 1040. The highest BCUT2D eigenvalue weighted by Crippen LogP contribution is 2.27. The predicted molar refractivity (Wildman–Crippen MR) is 117 cm³/mol. The van der Waals surface area contributed by atoms with E-state index in [1.165, 1.54) is 0 Å². The van der Waals surface area contributed by atoms with Crippen molar-refractivity contribution in [3.8, 4) is 11.1 Å². The first-order valence-corrected chi connectivity index (χ1v) is 10.5. The molecule has 0 atom stereocenters. The topological polar surface area (TPSA) is 67.9 Å². The summed E-state index contributed by atoms with van der Waals surface area (Å²) in [5, 5.41) is 9.00. The van der Waals surface area contributed by atoms with Crippen molar-refractivity contribution in [1.82, 2.24) is 24.3 Å². The van der Waals surface area contributed by atoms with Gasteiger partial charge in [0.25, 0.3) is 0 Å². The van der Waals surface area contributed by atoms with Crippen LogP contribution in [0.15, 0.2) is 36.9 Å². The second-order valence-electron chi connectivity index (χ2n) is 9.03. The predicted octanol–water partition coefficient (Wildman–Crippen LogP) is 3.84. The summed E-state index contributed by atoms with van der Waals surface area (Å²) in [6.45, 7) is 12.7. The van der Waals surface area contributed by atoms with Crippen LogP contribution in [0.2, 0.25) is 0 Å². The molecule has 8 heteroatoms. The fourth-order valence-corrected chi connectivity index (χ4v) is 3.61. The van der Waals surface area contributed by atoms with Crippen LogP contribution in [0.25, 0.3) is 16.6 Å². The van der Waals surface area contributed by atoms with Gasteiger partial charge in [-0.25, -0.2) is 9.31 Å². The van der Waals surface area contributed by atoms with Crippen molar-refractivity contribution in [2.24, 2.45) is 0 Å². The summed E-state index contributed by atoms with van der Waals surface area (Å²) in [5.41, 5.74) is 3.83. The van der Waals surface area contributed by atoms with Crippen molar-refractivity contribution in [1.29, 1.82) is 0 Å². The van der Waals surface area contributed by atoms with E-state index in [4.69, 9.17) is 4.74 Å². The Kier molecular flexibility index (Phi) is 5.17. The molecule has 0 aliphatic carbocycles. The third-order valence-electron chi connectivity index (χ3n) is 5.23. The van der Waals surface area contributed by atoms with Gasteiger partial charge in [0.2, 0.25) is 0 Å². The normalized spacial score (nSPS) is 15.3. The molecule has 0 bridgehead atoms. The molecule has 1 aliphatic rings. The molecule has 0 radical (unpaired) electrons. The van der Waals surface area contributed by atoms with Crippen LogP contribution in [0, 0.1) is 0 Å². The molecule has 30 heavy (non-hydrogen) atoms. The van der Waals surface area contributed by atoms with E-state index in [1.54, 1.807) is 4.90 Å². The van der Waals surface area contributed by atoms with Crippen molar-refractivity contribution in [3.05, 3.63) is 36.9 Å². The van der Waals surface area contributed by atoms with Crippen molar-refractivity contribution in [2.45, 2.75) is 46.3 Å². The van der Waals surface area contributed by atoms with Crippen LogP contribution in [0.4, 0.5) is 10.5 Å². The van der Waals surface area contributed by atoms with Gasteiger partial charge in [-0.1, -0.05) is 6.07 Å². The molecule has 3 aromatic rings. The SMILES string of the molecule is CC(C)n1cc(-c2ccc3c(N4CCN(C(=O)OC(C)(C)C)CC4)cnn3c2)cn1. The van der Waals surface area contributed by atoms with Crippen molar-refractivity contribution >= 4 is 17.3 Å². The fraction of sp³-hybridized carbons (Fsp3) is 0.500. The highest BCUT2D eigenvalue weighted by molar-refractivity contribution is 5.76.